The zero-order chi connectivity index (χ0) is 21.4. The van der Waals surface area contributed by atoms with Gasteiger partial charge in [-0.15, -0.1) is 0 Å². The molecular formula is C22H33N3O3S2. The second kappa shape index (κ2) is 11.2. The Balaban J connectivity index is 1.48. The molecule has 0 aromatic heterocycles. The largest absolute Gasteiger partial charge is 0.332 e. The number of rotatable bonds is 6. The van der Waals surface area contributed by atoms with Crippen LogP contribution in [0.15, 0.2) is 29.2 Å². The van der Waals surface area contributed by atoms with Crippen LogP contribution in [0.5, 0.6) is 0 Å². The van der Waals surface area contributed by atoms with E-state index < -0.39 is 10.0 Å². The van der Waals surface area contributed by atoms with Crippen LogP contribution in [-0.4, -0.2) is 36.8 Å². The molecule has 8 heteroatoms. The maximum Gasteiger partial charge on any atom is 0.243 e. The number of carbonyl (C=O) groups is 1. The van der Waals surface area contributed by atoms with E-state index >= 15 is 0 Å². The van der Waals surface area contributed by atoms with Gasteiger partial charge >= 0.3 is 0 Å². The maximum absolute atomic E-state index is 12.8. The lowest BCUT2D eigenvalue weighted by Gasteiger charge is -2.21. The Hall–Kier alpha value is -1.51. The summed E-state index contributed by atoms with van der Waals surface area (Å²) in [5, 5.41) is 5.94. The maximum atomic E-state index is 12.8. The van der Waals surface area contributed by atoms with E-state index in [0.29, 0.717) is 31.1 Å². The molecule has 0 radical (unpaired) electrons. The summed E-state index contributed by atoms with van der Waals surface area (Å²) >= 11 is 5.24. The van der Waals surface area contributed by atoms with Gasteiger partial charge in [0, 0.05) is 25.2 Å². The molecule has 1 saturated carbocycles. The van der Waals surface area contributed by atoms with Crippen molar-refractivity contribution in [1.82, 2.24) is 9.62 Å². The average Bonchev–Trinajstić information content (AvgIpc) is 3.03. The highest BCUT2D eigenvalue weighted by atomic mass is 32.2. The molecule has 1 aromatic rings. The van der Waals surface area contributed by atoms with E-state index in [1.54, 1.807) is 28.6 Å². The van der Waals surface area contributed by atoms with Gasteiger partial charge in [0.2, 0.25) is 15.9 Å². The average molecular weight is 452 g/mol. The summed E-state index contributed by atoms with van der Waals surface area (Å²) in [6.45, 7) is 1.17. The summed E-state index contributed by atoms with van der Waals surface area (Å²) in [5.41, 5.74) is 0.655. The Kier molecular flexibility index (Phi) is 8.65. The SMILES string of the molecule is O=C(CCC1CCCCC1)NC(=S)Nc1ccc(S(=O)(=O)N2CCCCCC2)cc1. The summed E-state index contributed by atoms with van der Waals surface area (Å²) in [6, 6.07) is 6.56. The van der Waals surface area contributed by atoms with Gasteiger partial charge in [0.1, 0.15) is 0 Å². The van der Waals surface area contributed by atoms with Crippen molar-refractivity contribution in [2.75, 3.05) is 18.4 Å². The summed E-state index contributed by atoms with van der Waals surface area (Å²) in [5.74, 6) is 0.586. The van der Waals surface area contributed by atoms with Gasteiger partial charge in [-0.05, 0) is 61.7 Å². The molecular weight excluding hydrogens is 418 g/mol. The minimum absolute atomic E-state index is 0.0709. The predicted molar refractivity (Wildman–Crippen MR) is 124 cm³/mol. The normalized spacial score (nSPS) is 19.1. The molecule has 30 heavy (non-hydrogen) atoms. The highest BCUT2D eigenvalue weighted by Crippen LogP contribution is 2.27. The molecule has 0 spiro atoms. The molecule has 2 N–H and O–H groups in total. The van der Waals surface area contributed by atoms with Gasteiger partial charge in [-0.3, -0.25) is 4.79 Å². The van der Waals surface area contributed by atoms with Crippen molar-refractivity contribution in [3.8, 4) is 0 Å². The van der Waals surface area contributed by atoms with Crippen LogP contribution in [0.25, 0.3) is 0 Å². The van der Waals surface area contributed by atoms with E-state index in [-0.39, 0.29) is 15.9 Å². The fraction of sp³-hybridized carbons (Fsp3) is 0.636. The first-order chi connectivity index (χ1) is 14.4. The van der Waals surface area contributed by atoms with E-state index in [0.717, 1.165) is 32.1 Å². The Morgan fingerprint density at radius 2 is 1.57 bits per heavy atom. The number of nitrogens with one attached hydrogen (secondary N) is 2. The second-order valence-corrected chi connectivity index (χ2v) is 10.7. The van der Waals surface area contributed by atoms with Crippen LogP contribution in [-0.2, 0) is 14.8 Å². The molecule has 0 unspecified atom stereocenters. The minimum atomic E-state index is -3.46. The molecule has 0 atom stereocenters. The number of amides is 1. The van der Waals surface area contributed by atoms with Crippen LogP contribution < -0.4 is 10.6 Å². The van der Waals surface area contributed by atoms with E-state index in [1.165, 1.54) is 32.1 Å². The first kappa shape index (κ1) is 23.2. The standard InChI is InChI=1S/C22H33N3O3S2/c26-21(15-10-18-8-4-3-5-9-18)24-22(29)23-19-11-13-20(14-12-19)30(27,28)25-16-6-1-2-7-17-25/h11-14,18H,1-10,15-17H2,(H2,23,24,26,29). The van der Waals surface area contributed by atoms with Crippen LogP contribution >= 0.6 is 12.2 Å². The van der Waals surface area contributed by atoms with Gasteiger partial charge in [0.05, 0.1) is 4.90 Å². The molecule has 1 amide bonds. The van der Waals surface area contributed by atoms with Gasteiger partial charge in [-0.2, -0.15) is 4.31 Å². The van der Waals surface area contributed by atoms with Gasteiger partial charge in [-0.1, -0.05) is 44.9 Å². The monoisotopic (exact) mass is 451 g/mol. The summed E-state index contributed by atoms with van der Waals surface area (Å²) in [6.07, 6.45) is 11.7. The van der Waals surface area contributed by atoms with Crippen LogP contribution in [0.1, 0.15) is 70.6 Å². The molecule has 3 rings (SSSR count). The van der Waals surface area contributed by atoms with Crippen molar-refractivity contribution in [2.45, 2.75) is 75.5 Å². The zero-order valence-electron chi connectivity index (χ0n) is 17.6. The second-order valence-electron chi connectivity index (χ2n) is 8.39. The molecule has 1 saturated heterocycles. The molecule has 1 aliphatic carbocycles. The van der Waals surface area contributed by atoms with Crippen LogP contribution in [0.3, 0.4) is 0 Å². The highest BCUT2D eigenvalue weighted by Gasteiger charge is 2.25. The summed E-state index contributed by atoms with van der Waals surface area (Å²) in [7, 11) is -3.46. The highest BCUT2D eigenvalue weighted by molar-refractivity contribution is 7.89. The van der Waals surface area contributed by atoms with Gasteiger partial charge in [0.25, 0.3) is 0 Å². The first-order valence-electron chi connectivity index (χ1n) is 11.2. The number of sulfonamides is 1. The Labute approximate surface area is 185 Å². The number of hydrogen-bond donors (Lipinski definition) is 2. The van der Waals surface area contributed by atoms with Crippen LogP contribution in [0, 0.1) is 5.92 Å². The number of carbonyl (C=O) groups excluding carboxylic acids is 1. The number of hydrogen-bond acceptors (Lipinski definition) is 4. The third kappa shape index (κ3) is 6.75. The summed E-state index contributed by atoms with van der Waals surface area (Å²) in [4.78, 5) is 12.4. The molecule has 2 aliphatic rings. The first-order valence-corrected chi connectivity index (χ1v) is 13.0. The summed E-state index contributed by atoms with van der Waals surface area (Å²) < 4.78 is 27.3. The molecule has 1 heterocycles. The lowest BCUT2D eigenvalue weighted by atomic mass is 9.86. The van der Waals surface area contributed by atoms with Gasteiger partial charge in [0.15, 0.2) is 5.11 Å². The van der Waals surface area contributed by atoms with E-state index in [1.807, 2.05) is 0 Å². The van der Waals surface area contributed by atoms with Crippen molar-refractivity contribution in [3.05, 3.63) is 24.3 Å². The lowest BCUT2D eigenvalue weighted by Crippen LogP contribution is -2.34. The number of nitrogens with zero attached hydrogens (tertiary/aromatic N) is 1. The number of benzene rings is 1. The van der Waals surface area contributed by atoms with Gasteiger partial charge in [-0.25, -0.2) is 8.42 Å². The smallest absolute Gasteiger partial charge is 0.243 e. The third-order valence-electron chi connectivity index (χ3n) is 6.07. The van der Waals surface area contributed by atoms with Crippen LogP contribution in [0.4, 0.5) is 5.69 Å². The quantitative estimate of drug-likeness (QED) is 0.626. The van der Waals surface area contributed by atoms with E-state index in [2.05, 4.69) is 10.6 Å². The van der Waals surface area contributed by atoms with Crippen molar-refractivity contribution in [2.24, 2.45) is 5.92 Å². The Morgan fingerprint density at radius 1 is 0.967 bits per heavy atom. The molecule has 2 fully saturated rings. The molecule has 0 bridgehead atoms. The van der Waals surface area contributed by atoms with Crippen molar-refractivity contribution >= 4 is 38.9 Å². The number of thiocarbonyl (C=S) groups is 1. The Morgan fingerprint density at radius 3 is 2.20 bits per heavy atom. The molecule has 1 aromatic carbocycles. The fourth-order valence-corrected chi connectivity index (χ4v) is 6.05. The van der Waals surface area contributed by atoms with Crippen molar-refractivity contribution in [3.63, 3.8) is 0 Å². The number of anilines is 1. The fourth-order valence-electron chi connectivity index (χ4n) is 4.30. The Bertz CT molecular complexity index is 811. The van der Waals surface area contributed by atoms with Crippen molar-refractivity contribution < 1.29 is 13.2 Å². The molecule has 166 valence electrons. The van der Waals surface area contributed by atoms with Crippen LogP contribution in [0.2, 0.25) is 0 Å². The minimum Gasteiger partial charge on any atom is -0.332 e. The lowest BCUT2D eigenvalue weighted by molar-refractivity contribution is -0.120. The molecule has 1 aliphatic heterocycles. The predicted octanol–water partition coefficient (Wildman–Crippen LogP) is 4.42. The third-order valence-corrected chi connectivity index (χ3v) is 8.19. The molecule has 6 nitrogen and oxygen atoms in total. The van der Waals surface area contributed by atoms with Gasteiger partial charge < -0.3 is 10.6 Å². The topological polar surface area (TPSA) is 78.5 Å². The van der Waals surface area contributed by atoms with E-state index in [9.17, 15) is 13.2 Å². The van der Waals surface area contributed by atoms with Crippen molar-refractivity contribution in [1.29, 1.82) is 0 Å². The van der Waals surface area contributed by atoms with E-state index in [4.69, 9.17) is 12.2 Å². The zero-order valence-corrected chi connectivity index (χ0v) is 19.2.